The van der Waals surface area contributed by atoms with Gasteiger partial charge in [0.1, 0.15) is 22.7 Å². The highest BCUT2D eigenvalue weighted by Gasteiger charge is 2.28. The van der Waals surface area contributed by atoms with E-state index in [0.29, 0.717) is 16.9 Å². The van der Waals surface area contributed by atoms with Gasteiger partial charge in [-0.05, 0) is 39.0 Å². The van der Waals surface area contributed by atoms with E-state index in [1.807, 2.05) is 25.1 Å². The molecular formula is C18H19NO4. The lowest BCUT2D eigenvalue weighted by atomic mass is 9.96. The van der Waals surface area contributed by atoms with Gasteiger partial charge in [0.25, 0.3) is 5.91 Å². The molecule has 0 spiro atoms. The third-order valence-corrected chi connectivity index (χ3v) is 3.86. The summed E-state index contributed by atoms with van der Waals surface area (Å²) in [6.45, 7) is 5.31. The third-order valence-electron chi connectivity index (χ3n) is 3.86. The van der Waals surface area contributed by atoms with Crippen LogP contribution in [0.4, 0.5) is 0 Å². The average Bonchev–Trinajstić information content (AvgIpc) is 3.08. The second-order valence-corrected chi connectivity index (χ2v) is 5.93. The van der Waals surface area contributed by atoms with Crippen LogP contribution in [0.1, 0.15) is 34.6 Å². The largest absolute Gasteiger partial charge is 0.466 e. The Morgan fingerprint density at radius 1 is 1.22 bits per heavy atom. The van der Waals surface area contributed by atoms with Gasteiger partial charge in [-0.15, -0.1) is 0 Å². The summed E-state index contributed by atoms with van der Waals surface area (Å²) in [5, 5.41) is 14.2. The van der Waals surface area contributed by atoms with E-state index in [1.54, 1.807) is 32.0 Å². The molecule has 1 aromatic carbocycles. The molecule has 0 saturated carbocycles. The average molecular weight is 313 g/mol. The van der Waals surface area contributed by atoms with Gasteiger partial charge >= 0.3 is 0 Å². The molecule has 0 bridgehead atoms. The first-order chi connectivity index (χ1) is 10.9. The van der Waals surface area contributed by atoms with E-state index >= 15 is 0 Å². The maximum atomic E-state index is 12.2. The molecule has 5 heteroatoms. The number of amides is 1. The second-order valence-electron chi connectivity index (χ2n) is 5.93. The van der Waals surface area contributed by atoms with Crippen molar-refractivity contribution in [3.8, 4) is 0 Å². The normalized spacial score (nSPS) is 13.9. The van der Waals surface area contributed by atoms with Gasteiger partial charge in [-0.1, -0.05) is 18.2 Å². The Bertz CT molecular complexity index is 824. The Labute approximate surface area is 133 Å². The van der Waals surface area contributed by atoms with E-state index in [2.05, 4.69) is 5.32 Å². The molecule has 3 aromatic rings. The maximum absolute atomic E-state index is 12.2. The zero-order valence-corrected chi connectivity index (χ0v) is 13.3. The van der Waals surface area contributed by atoms with E-state index in [1.165, 1.54) is 0 Å². The van der Waals surface area contributed by atoms with Crippen molar-refractivity contribution >= 4 is 16.9 Å². The molecule has 0 aliphatic rings. The number of carbonyl (C=O) groups is 1. The molecule has 1 amide bonds. The van der Waals surface area contributed by atoms with Crippen LogP contribution in [-0.4, -0.2) is 17.6 Å². The monoisotopic (exact) mass is 313 g/mol. The fourth-order valence-corrected chi connectivity index (χ4v) is 2.69. The molecule has 3 rings (SSSR count). The fraction of sp³-hybridized carbons (Fsp3) is 0.278. The molecule has 23 heavy (non-hydrogen) atoms. The van der Waals surface area contributed by atoms with Crippen LogP contribution >= 0.6 is 0 Å². The number of hydrogen-bond donors (Lipinski definition) is 2. The first-order valence-corrected chi connectivity index (χ1v) is 7.43. The molecule has 2 aromatic heterocycles. The molecule has 120 valence electrons. The van der Waals surface area contributed by atoms with Crippen molar-refractivity contribution in [1.82, 2.24) is 5.32 Å². The smallest absolute Gasteiger partial charge is 0.287 e. The van der Waals surface area contributed by atoms with E-state index in [9.17, 15) is 9.90 Å². The van der Waals surface area contributed by atoms with Gasteiger partial charge in [-0.25, -0.2) is 0 Å². The van der Waals surface area contributed by atoms with E-state index < -0.39 is 5.60 Å². The summed E-state index contributed by atoms with van der Waals surface area (Å²) >= 11 is 0. The topological polar surface area (TPSA) is 75.6 Å². The zero-order valence-electron chi connectivity index (χ0n) is 13.3. The molecule has 0 aliphatic heterocycles. The molecular weight excluding hydrogens is 294 g/mol. The SMILES string of the molecule is Cc1cc(C(C)(O)CNC(=O)c2cc3ccccc3o2)c(C)o1. The fourth-order valence-electron chi connectivity index (χ4n) is 2.69. The number of carbonyl (C=O) groups excluding carboxylic acids is 1. The Kier molecular flexibility index (Phi) is 3.74. The number of nitrogens with one attached hydrogen (secondary N) is 1. The lowest BCUT2D eigenvalue weighted by molar-refractivity contribution is 0.0507. The van der Waals surface area contributed by atoms with Crippen molar-refractivity contribution in [2.45, 2.75) is 26.4 Å². The maximum Gasteiger partial charge on any atom is 0.287 e. The van der Waals surface area contributed by atoms with Crippen LogP contribution in [0, 0.1) is 13.8 Å². The van der Waals surface area contributed by atoms with Crippen molar-refractivity contribution in [2.24, 2.45) is 0 Å². The minimum Gasteiger partial charge on any atom is -0.466 e. The van der Waals surface area contributed by atoms with Crippen LogP contribution in [0.2, 0.25) is 0 Å². The summed E-state index contributed by atoms with van der Waals surface area (Å²) in [6, 6.07) is 10.9. The number of benzene rings is 1. The van der Waals surface area contributed by atoms with Gasteiger partial charge in [0, 0.05) is 10.9 Å². The number of fused-ring (bicyclic) bond motifs is 1. The lowest BCUT2D eigenvalue weighted by Gasteiger charge is -2.23. The van der Waals surface area contributed by atoms with Crippen LogP contribution < -0.4 is 5.32 Å². The molecule has 0 radical (unpaired) electrons. The summed E-state index contributed by atoms with van der Waals surface area (Å²) in [7, 11) is 0. The van der Waals surface area contributed by atoms with Crippen LogP contribution in [0.25, 0.3) is 11.0 Å². The van der Waals surface area contributed by atoms with Crippen LogP contribution in [-0.2, 0) is 5.60 Å². The minimum absolute atomic E-state index is 0.0582. The quantitative estimate of drug-likeness (QED) is 0.775. The van der Waals surface area contributed by atoms with Crippen LogP contribution in [0.5, 0.6) is 0 Å². The third kappa shape index (κ3) is 3.00. The highest BCUT2D eigenvalue weighted by atomic mass is 16.4. The Morgan fingerprint density at radius 3 is 2.61 bits per heavy atom. The van der Waals surface area contributed by atoms with Gasteiger partial charge in [0.15, 0.2) is 5.76 Å². The number of aliphatic hydroxyl groups is 1. The molecule has 1 unspecified atom stereocenters. The highest BCUT2D eigenvalue weighted by Crippen LogP contribution is 2.26. The molecule has 2 N–H and O–H groups in total. The first-order valence-electron chi connectivity index (χ1n) is 7.43. The molecule has 0 saturated heterocycles. The summed E-state index contributed by atoms with van der Waals surface area (Å²) in [5.41, 5.74) is 0.106. The lowest BCUT2D eigenvalue weighted by Crippen LogP contribution is -2.38. The molecule has 5 nitrogen and oxygen atoms in total. The van der Waals surface area contributed by atoms with Crippen molar-refractivity contribution in [1.29, 1.82) is 0 Å². The molecule has 2 heterocycles. The van der Waals surface area contributed by atoms with Crippen molar-refractivity contribution in [2.75, 3.05) is 6.54 Å². The number of para-hydroxylation sites is 1. The van der Waals surface area contributed by atoms with Crippen LogP contribution in [0.15, 0.2) is 45.2 Å². The highest BCUT2D eigenvalue weighted by molar-refractivity contribution is 5.96. The summed E-state index contributed by atoms with van der Waals surface area (Å²) < 4.78 is 11.0. The van der Waals surface area contributed by atoms with Gasteiger partial charge in [-0.2, -0.15) is 0 Å². The summed E-state index contributed by atoms with van der Waals surface area (Å²) in [5.74, 6) is 1.23. The first kappa shape index (κ1) is 15.4. The van der Waals surface area contributed by atoms with Crippen molar-refractivity contribution < 1.29 is 18.7 Å². The molecule has 1 atom stereocenters. The molecule has 0 fully saturated rings. The Balaban J connectivity index is 1.74. The van der Waals surface area contributed by atoms with Crippen LogP contribution in [0.3, 0.4) is 0 Å². The number of furan rings is 2. The van der Waals surface area contributed by atoms with E-state index in [-0.39, 0.29) is 18.2 Å². The number of rotatable bonds is 4. The van der Waals surface area contributed by atoms with Crippen molar-refractivity contribution in [3.05, 3.63) is 59.2 Å². The Morgan fingerprint density at radius 2 is 1.96 bits per heavy atom. The zero-order chi connectivity index (χ0) is 16.6. The molecule has 0 aliphatic carbocycles. The summed E-state index contributed by atoms with van der Waals surface area (Å²) in [6.07, 6.45) is 0. The van der Waals surface area contributed by atoms with Gasteiger partial charge in [-0.3, -0.25) is 4.79 Å². The van der Waals surface area contributed by atoms with Gasteiger partial charge in [0.2, 0.25) is 0 Å². The summed E-state index contributed by atoms with van der Waals surface area (Å²) in [4.78, 5) is 12.2. The second kappa shape index (κ2) is 5.59. The van der Waals surface area contributed by atoms with Gasteiger partial charge in [0.05, 0.1) is 6.54 Å². The van der Waals surface area contributed by atoms with E-state index in [0.717, 1.165) is 11.1 Å². The predicted octanol–water partition coefficient (Wildman–Crippen LogP) is 3.28. The van der Waals surface area contributed by atoms with E-state index in [4.69, 9.17) is 8.83 Å². The standard InChI is InChI=1S/C18H19NO4/c1-11-8-14(12(2)22-11)18(3,21)10-19-17(20)16-9-13-6-4-5-7-15(13)23-16/h4-9,21H,10H2,1-3H3,(H,19,20). The van der Waals surface area contributed by atoms with Gasteiger partial charge < -0.3 is 19.3 Å². The number of hydrogen-bond acceptors (Lipinski definition) is 4. The Hall–Kier alpha value is -2.53. The predicted molar refractivity (Wildman–Crippen MR) is 86.3 cm³/mol. The number of aryl methyl sites for hydroxylation is 2. The van der Waals surface area contributed by atoms with Crippen molar-refractivity contribution in [3.63, 3.8) is 0 Å². The minimum atomic E-state index is -1.22.